The van der Waals surface area contributed by atoms with Crippen LogP contribution < -0.4 is 4.74 Å². The van der Waals surface area contributed by atoms with Crippen molar-refractivity contribution in [3.05, 3.63) is 65.1 Å². The lowest BCUT2D eigenvalue weighted by Gasteiger charge is -2.14. The predicted molar refractivity (Wildman–Crippen MR) is 113 cm³/mol. The molecule has 28 heavy (non-hydrogen) atoms. The lowest BCUT2D eigenvalue weighted by molar-refractivity contribution is -0.122. The molecule has 0 saturated carbocycles. The van der Waals surface area contributed by atoms with Crippen LogP contribution in [0.2, 0.25) is 0 Å². The van der Waals surface area contributed by atoms with Crippen molar-refractivity contribution in [3.63, 3.8) is 0 Å². The van der Waals surface area contributed by atoms with Gasteiger partial charge in [-0.1, -0.05) is 49.7 Å². The molecule has 0 aromatic heterocycles. The number of amides is 1. The lowest BCUT2D eigenvalue weighted by Crippen LogP contribution is -2.30. The molecule has 2 aromatic carbocycles. The monoisotopic (exact) mass is 391 g/mol. The van der Waals surface area contributed by atoms with Gasteiger partial charge >= 0.3 is 0 Å². The maximum atomic E-state index is 13.0. The normalized spacial score (nSPS) is 16.6. The molecule has 1 saturated heterocycles. The average Bonchev–Trinajstić information content (AvgIpc) is 3.00. The van der Waals surface area contributed by atoms with Gasteiger partial charge in [0.1, 0.15) is 11.8 Å². The van der Waals surface area contributed by atoms with E-state index >= 15 is 0 Å². The van der Waals surface area contributed by atoms with Crippen LogP contribution in [0.25, 0.3) is 6.08 Å². The molecular formula is C22H21N3O2S. The SMILES string of the molecule is CCCCN1C(=O)C(=Cc2ccccc2OCC#N)SC1=Nc1ccccc1. The Bertz CT molecular complexity index is 932. The second-order valence-electron chi connectivity index (χ2n) is 6.14. The summed E-state index contributed by atoms with van der Waals surface area (Å²) in [5, 5.41) is 9.45. The van der Waals surface area contributed by atoms with Crippen LogP contribution in [0.4, 0.5) is 5.69 Å². The molecule has 0 atom stereocenters. The molecule has 2 aromatic rings. The number of unbranched alkanes of at least 4 members (excludes halogenated alkanes) is 1. The third kappa shape index (κ3) is 4.81. The fourth-order valence-corrected chi connectivity index (χ4v) is 3.72. The van der Waals surface area contributed by atoms with E-state index in [0.29, 0.717) is 22.4 Å². The van der Waals surface area contributed by atoms with E-state index in [4.69, 9.17) is 10.00 Å². The molecule has 3 rings (SSSR count). The van der Waals surface area contributed by atoms with Crippen LogP contribution in [0.1, 0.15) is 25.3 Å². The van der Waals surface area contributed by atoms with Crippen molar-refractivity contribution in [1.29, 1.82) is 5.26 Å². The molecule has 1 amide bonds. The summed E-state index contributed by atoms with van der Waals surface area (Å²) < 4.78 is 5.48. The van der Waals surface area contributed by atoms with Gasteiger partial charge in [-0.25, -0.2) is 4.99 Å². The van der Waals surface area contributed by atoms with Crippen molar-refractivity contribution in [2.75, 3.05) is 13.2 Å². The van der Waals surface area contributed by atoms with E-state index < -0.39 is 0 Å². The van der Waals surface area contributed by atoms with Crippen LogP contribution in [0.3, 0.4) is 0 Å². The fraction of sp³-hybridized carbons (Fsp3) is 0.227. The zero-order valence-electron chi connectivity index (χ0n) is 15.7. The molecule has 6 heteroatoms. The number of rotatable bonds is 7. The third-order valence-corrected chi connectivity index (χ3v) is 5.11. The van der Waals surface area contributed by atoms with Gasteiger partial charge in [-0.05, 0) is 42.5 Å². The highest BCUT2D eigenvalue weighted by atomic mass is 32.2. The molecule has 1 heterocycles. The molecule has 0 bridgehead atoms. The largest absolute Gasteiger partial charge is 0.478 e. The predicted octanol–water partition coefficient (Wildman–Crippen LogP) is 4.99. The van der Waals surface area contributed by atoms with Crippen LogP contribution in [0.15, 0.2) is 64.5 Å². The summed E-state index contributed by atoms with van der Waals surface area (Å²) in [6.07, 6.45) is 3.72. The minimum Gasteiger partial charge on any atom is -0.478 e. The van der Waals surface area contributed by atoms with Crippen LogP contribution in [0, 0.1) is 11.3 Å². The van der Waals surface area contributed by atoms with Gasteiger partial charge in [0.2, 0.25) is 0 Å². The Morgan fingerprint density at radius 2 is 1.93 bits per heavy atom. The number of hydrogen-bond donors (Lipinski definition) is 0. The maximum absolute atomic E-state index is 13.0. The summed E-state index contributed by atoms with van der Waals surface area (Å²) in [6.45, 7) is 2.70. The molecule has 1 fully saturated rings. The molecule has 0 aliphatic carbocycles. The first kappa shape index (κ1) is 19.7. The van der Waals surface area contributed by atoms with Crippen molar-refractivity contribution < 1.29 is 9.53 Å². The Morgan fingerprint density at radius 3 is 2.68 bits per heavy atom. The number of carbonyl (C=O) groups excluding carboxylic acids is 1. The van der Waals surface area contributed by atoms with Gasteiger partial charge in [-0.2, -0.15) is 5.26 Å². The second-order valence-corrected chi connectivity index (χ2v) is 7.14. The topological polar surface area (TPSA) is 65.7 Å². The number of amidine groups is 1. The maximum Gasteiger partial charge on any atom is 0.266 e. The second kappa shape index (κ2) is 9.77. The Hall–Kier alpha value is -3.04. The van der Waals surface area contributed by atoms with Crippen molar-refractivity contribution in [1.82, 2.24) is 4.90 Å². The van der Waals surface area contributed by atoms with E-state index in [2.05, 4.69) is 11.9 Å². The highest BCUT2D eigenvalue weighted by molar-refractivity contribution is 8.18. The summed E-state index contributed by atoms with van der Waals surface area (Å²) >= 11 is 1.37. The molecular weight excluding hydrogens is 370 g/mol. The van der Waals surface area contributed by atoms with Crippen molar-refractivity contribution in [3.8, 4) is 11.8 Å². The first-order chi connectivity index (χ1) is 13.7. The standard InChI is InChI=1S/C22H21N3O2S/c1-2-3-14-25-21(26)20(28-22(25)24-18-10-5-4-6-11-18)16-17-9-7-8-12-19(17)27-15-13-23/h4-12,16H,2-3,14-15H2,1H3. The van der Waals surface area contributed by atoms with E-state index in [1.165, 1.54) is 11.8 Å². The van der Waals surface area contributed by atoms with Gasteiger partial charge in [0.15, 0.2) is 11.8 Å². The van der Waals surface area contributed by atoms with Crippen LogP contribution in [-0.2, 0) is 4.79 Å². The Balaban J connectivity index is 1.93. The van der Waals surface area contributed by atoms with E-state index in [1.807, 2.05) is 60.7 Å². The molecule has 0 unspecified atom stereocenters. The quantitative estimate of drug-likeness (QED) is 0.624. The average molecular weight is 391 g/mol. The van der Waals surface area contributed by atoms with E-state index in [-0.39, 0.29) is 12.5 Å². The van der Waals surface area contributed by atoms with Crippen molar-refractivity contribution >= 4 is 34.6 Å². The van der Waals surface area contributed by atoms with Crippen LogP contribution in [-0.4, -0.2) is 29.1 Å². The number of hydrogen-bond acceptors (Lipinski definition) is 5. The van der Waals surface area contributed by atoms with Crippen LogP contribution >= 0.6 is 11.8 Å². The molecule has 142 valence electrons. The Kier molecular flexibility index (Phi) is 6.88. The number of benzene rings is 2. The number of carbonyl (C=O) groups is 1. The fourth-order valence-electron chi connectivity index (χ4n) is 2.70. The molecule has 0 N–H and O–H groups in total. The van der Waals surface area contributed by atoms with Crippen molar-refractivity contribution in [2.24, 2.45) is 4.99 Å². The zero-order chi connectivity index (χ0) is 19.8. The summed E-state index contributed by atoms with van der Waals surface area (Å²) in [4.78, 5) is 20.0. The molecule has 5 nitrogen and oxygen atoms in total. The van der Waals surface area contributed by atoms with E-state index in [9.17, 15) is 4.79 Å². The summed E-state index contributed by atoms with van der Waals surface area (Å²) in [5.41, 5.74) is 1.59. The molecule has 1 aliphatic rings. The molecule has 0 spiro atoms. The van der Waals surface area contributed by atoms with Gasteiger partial charge in [0.05, 0.1) is 10.6 Å². The Morgan fingerprint density at radius 1 is 1.18 bits per heavy atom. The number of nitriles is 1. The Labute approximate surface area is 169 Å². The van der Waals surface area contributed by atoms with Gasteiger partial charge < -0.3 is 4.74 Å². The van der Waals surface area contributed by atoms with Gasteiger partial charge in [0, 0.05) is 12.1 Å². The van der Waals surface area contributed by atoms with Gasteiger partial charge in [-0.15, -0.1) is 0 Å². The number of aliphatic imine (C=N–C) groups is 1. The van der Waals surface area contributed by atoms with Gasteiger partial charge in [0.25, 0.3) is 5.91 Å². The van der Waals surface area contributed by atoms with E-state index in [0.717, 1.165) is 24.1 Å². The summed E-state index contributed by atoms with van der Waals surface area (Å²) in [7, 11) is 0. The number of nitrogens with zero attached hydrogens (tertiary/aromatic N) is 3. The summed E-state index contributed by atoms with van der Waals surface area (Å²) in [6, 6.07) is 19.0. The third-order valence-electron chi connectivity index (χ3n) is 4.10. The highest BCUT2D eigenvalue weighted by Gasteiger charge is 2.33. The minimum atomic E-state index is -0.0526. The summed E-state index contributed by atoms with van der Waals surface area (Å²) in [5.74, 6) is 0.529. The molecule has 0 radical (unpaired) electrons. The first-order valence-electron chi connectivity index (χ1n) is 9.17. The molecule has 1 aliphatic heterocycles. The lowest BCUT2D eigenvalue weighted by atomic mass is 10.2. The number of ether oxygens (including phenoxy) is 1. The smallest absolute Gasteiger partial charge is 0.266 e. The van der Waals surface area contributed by atoms with Gasteiger partial charge in [-0.3, -0.25) is 9.69 Å². The van der Waals surface area contributed by atoms with E-state index in [1.54, 1.807) is 11.0 Å². The highest BCUT2D eigenvalue weighted by Crippen LogP contribution is 2.35. The number of thioether (sulfide) groups is 1. The first-order valence-corrected chi connectivity index (χ1v) is 9.98. The minimum absolute atomic E-state index is 0.0371. The van der Waals surface area contributed by atoms with Crippen molar-refractivity contribution in [2.45, 2.75) is 19.8 Å². The zero-order valence-corrected chi connectivity index (χ0v) is 16.5. The number of para-hydroxylation sites is 2. The van der Waals surface area contributed by atoms with Crippen LogP contribution in [0.5, 0.6) is 5.75 Å².